The van der Waals surface area contributed by atoms with Crippen LogP contribution in [0.1, 0.15) is 39.5 Å². The Bertz CT molecular complexity index is 153. The molecule has 0 aromatic carbocycles. The molecule has 0 spiro atoms. The Morgan fingerprint density at radius 1 is 1.33 bits per heavy atom. The molecular weight excluding hydrogens is 188 g/mol. The van der Waals surface area contributed by atoms with Crippen molar-refractivity contribution in [3.8, 4) is 0 Å². The summed E-state index contributed by atoms with van der Waals surface area (Å²) in [5, 5.41) is 0. The number of nitrogens with zero attached hydrogens (tertiary/aromatic N) is 1. The van der Waals surface area contributed by atoms with Crippen molar-refractivity contribution in [1.82, 2.24) is 4.90 Å². The molecular formula is C12H28N2O. The van der Waals surface area contributed by atoms with Gasteiger partial charge in [0.2, 0.25) is 0 Å². The summed E-state index contributed by atoms with van der Waals surface area (Å²) < 4.78 is 5.13. The molecule has 3 heteroatoms. The van der Waals surface area contributed by atoms with Crippen LogP contribution in [0.3, 0.4) is 0 Å². The lowest BCUT2D eigenvalue weighted by atomic mass is 9.96. The predicted octanol–water partition coefficient (Wildman–Crippen LogP) is 1.86. The number of nitrogens with two attached hydrogens (primary N) is 1. The minimum Gasteiger partial charge on any atom is -0.385 e. The molecule has 0 aliphatic heterocycles. The number of likely N-dealkylation sites (N-methyl/N-ethyl adjacent to an activating group) is 1. The van der Waals surface area contributed by atoms with E-state index in [4.69, 9.17) is 10.5 Å². The van der Waals surface area contributed by atoms with Gasteiger partial charge in [-0.05, 0) is 33.4 Å². The van der Waals surface area contributed by atoms with Crippen LogP contribution in [0.15, 0.2) is 0 Å². The second kappa shape index (κ2) is 8.08. The quantitative estimate of drug-likeness (QED) is 0.598. The van der Waals surface area contributed by atoms with Crippen LogP contribution in [0.25, 0.3) is 0 Å². The van der Waals surface area contributed by atoms with E-state index >= 15 is 0 Å². The standard InChI is InChI=1S/C12H28N2O/c1-5-6-7-9-14(3)12(2,11-13)8-10-15-4/h5-11,13H2,1-4H3. The monoisotopic (exact) mass is 216 g/mol. The largest absolute Gasteiger partial charge is 0.385 e. The Labute approximate surface area is 95.0 Å². The van der Waals surface area contributed by atoms with Gasteiger partial charge in [0.05, 0.1) is 0 Å². The second-order valence-electron chi connectivity index (χ2n) is 4.57. The number of rotatable bonds is 9. The third-order valence-corrected chi connectivity index (χ3v) is 3.30. The van der Waals surface area contributed by atoms with Gasteiger partial charge in [0.15, 0.2) is 0 Å². The zero-order valence-electron chi connectivity index (χ0n) is 10.9. The lowest BCUT2D eigenvalue weighted by Gasteiger charge is -2.38. The lowest BCUT2D eigenvalue weighted by Crippen LogP contribution is -2.50. The molecule has 2 N–H and O–H groups in total. The molecule has 0 aromatic heterocycles. The fourth-order valence-corrected chi connectivity index (χ4v) is 1.64. The van der Waals surface area contributed by atoms with Gasteiger partial charge in [0.1, 0.15) is 0 Å². The molecule has 92 valence electrons. The molecule has 0 heterocycles. The summed E-state index contributed by atoms with van der Waals surface area (Å²) in [6, 6.07) is 0. The minimum absolute atomic E-state index is 0.0871. The number of methoxy groups -OCH3 is 1. The predicted molar refractivity (Wildman–Crippen MR) is 66.1 cm³/mol. The summed E-state index contributed by atoms with van der Waals surface area (Å²) in [6.45, 7) is 7.06. The highest BCUT2D eigenvalue weighted by Crippen LogP contribution is 2.17. The molecule has 0 aliphatic rings. The van der Waals surface area contributed by atoms with Crippen LogP contribution in [0.2, 0.25) is 0 Å². The summed E-state index contributed by atoms with van der Waals surface area (Å²) in [7, 11) is 3.91. The van der Waals surface area contributed by atoms with E-state index in [1.54, 1.807) is 7.11 Å². The normalized spacial score (nSPS) is 15.6. The Kier molecular flexibility index (Phi) is 8.02. The number of hydrogen-bond donors (Lipinski definition) is 1. The van der Waals surface area contributed by atoms with E-state index in [-0.39, 0.29) is 5.54 Å². The number of unbranched alkanes of at least 4 members (excludes halogenated alkanes) is 2. The Balaban J connectivity index is 3.99. The third kappa shape index (κ3) is 5.50. The average Bonchev–Trinajstić information content (AvgIpc) is 2.26. The summed E-state index contributed by atoms with van der Waals surface area (Å²) in [6.07, 6.45) is 4.83. The van der Waals surface area contributed by atoms with Gasteiger partial charge in [-0.2, -0.15) is 0 Å². The molecule has 0 amide bonds. The van der Waals surface area contributed by atoms with Gasteiger partial charge in [0, 0.05) is 25.8 Å². The van der Waals surface area contributed by atoms with E-state index in [9.17, 15) is 0 Å². The zero-order chi connectivity index (χ0) is 11.7. The molecule has 15 heavy (non-hydrogen) atoms. The lowest BCUT2D eigenvalue weighted by molar-refractivity contribution is 0.0878. The van der Waals surface area contributed by atoms with Crippen molar-refractivity contribution in [2.45, 2.75) is 45.1 Å². The van der Waals surface area contributed by atoms with Gasteiger partial charge in [-0.25, -0.2) is 0 Å². The molecule has 0 aromatic rings. The van der Waals surface area contributed by atoms with E-state index in [2.05, 4.69) is 25.8 Å². The van der Waals surface area contributed by atoms with Crippen LogP contribution in [-0.4, -0.2) is 44.3 Å². The second-order valence-corrected chi connectivity index (χ2v) is 4.57. The molecule has 0 saturated carbocycles. The summed E-state index contributed by atoms with van der Waals surface area (Å²) in [5.74, 6) is 0. The van der Waals surface area contributed by atoms with E-state index in [1.807, 2.05) is 0 Å². The average molecular weight is 216 g/mol. The Hall–Kier alpha value is -0.120. The van der Waals surface area contributed by atoms with Crippen molar-refractivity contribution in [1.29, 1.82) is 0 Å². The van der Waals surface area contributed by atoms with Crippen LogP contribution in [0.5, 0.6) is 0 Å². The third-order valence-electron chi connectivity index (χ3n) is 3.30. The van der Waals surface area contributed by atoms with Gasteiger partial charge in [-0.3, -0.25) is 4.90 Å². The molecule has 1 unspecified atom stereocenters. The first kappa shape index (κ1) is 14.9. The molecule has 0 fully saturated rings. The molecule has 3 nitrogen and oxygen atoms in total. The van der Waals surface area contributed by atoms with Gasteiger partial charge in [0.25, 0.3) is 0 Å². The van der Waals surface area contributed by atoms with Crippen LogP contribution in [-0.2, 0) is 4.74 Å². The zero-order valence-corrected chi connectivity index (χ0v) is 10.9. The van der Waals surface area contributed by atoms with Crippen LogP contribution >= 0.6 is 0 Å². The Morgan fingerprint density at radius 3 is 2.47 bits per heavy atom. The van der Waals surface area contributed by atoms with Crippen molar-refractivity contribution in [3.05, 3.63) is 0 Å². The first-order valence-electron chi connectivity index (χ1n) is 6.01. The van der Waals surface area contributed by atoms with Gasteiger partial charge in [-0.1, -0.05) is 19.8 Å². The highest BCUT2D eigenvalue weighted by atomic mass is 16.5. The molecule has 0 bridgehead atoms. The van der Waals surface area contributed by atoms with Gasteiger partial charge < -0.3 is 10.5 Å². The van der Waals surface area contributed by atoms with Crippen molar-refractivity contribution in [3.63, 3.8) is 0 Å². The first-order chi connectivity index (χ1) is 7.10. The van der Waals surface area contributed by atoms with E-state index < -0.39 is 0 Å². The molecule has 1 atom stereocenters. The first-order valence-corrected chi connectivity index (χ1v) is 6.01. The maximum atomic E-state index is 5.86. The van der Waals surface area contributed by atoms with Gasteiger partial charge >= 0.3 is 0 Å². The topological polar surface area (TPSA) is 38.5 Å². The van der Waals surface area contributed by atoms with Crippen molar-refractivity contribution >= 4 is 0 Å². The Morgan fingerprint density at radius 2 is 2.00 bits per heavy atom. The maximum Gasteiger partial charge on any atom is 0.0480 e. The van der Waals surface area contributed by atoms with Crippen molar-refractivity contribution < 1.29 is 4.74 Å². The molecule has 0 saturated heterocycles. The number of ether oxygens (including phenoxy) is 1. The van der Waals surface area contributed by atoms with Gasteiger partial charge in [-0.15, -0.1) is 0 Å². The minimum atomic E-state index is 0.0871. The smallest absolute Gasteiger partial charge is 0.0480 e. The molecule has 0 rings (SSSR count). The van der Waals surface area contributed by atoms with Crippen molar-refractivity contribution in [2.75, 3.05) is 33.9 Å². The van der Waals surface area contributed by atoms with Crippen molar-refractivity contribution in [2.24, 2.45) is 5.73 Å². The maximum absolute atomic E-state index is 5.86. The van der Waals surface area contributed by atoms with Crippen LogP contribution < -0.4 is 5.73 Å². The van der Waals surface area contributed by atoms with E-state index in [0.29, 0.717) is 6.54 Å². The summed E-state index contributed by atoms with van der Waals surface area (Å²) in [5.41, 5.74) is 5.94. The summed E-state index contributed by atoms with van der Waals surface area (Å²) in [4.78, 5) is 2.38. The molecule has 0 aliphatic carbocycles. The highest BCUT2D eigenvalue weighted by Gasteiger charge is 2.26. The highest BCUT2D eigenvalue weighted by molar-refractivity contribution is 4.85. The van der Waals surface area contributed by atoms with E-state index in [0.717, 1.165) is 19.6 Å². The fraction of sp³-hybridized carbons (Fsp3) is 1.00. The van der Waals surface area contributed by atoms with E-state index in [1.165, 1.54) is 19.3 Å². The SMILES string of the molecule is CCCCCN(C)C(C)(CN)CCOC. The fourth-order valence-electron chi connectivity index (χ4n) is 1.64. The number of hydrogen-bond acceptors (Lipinski definition) is 3. The van der Waals surface area contributed by atoms with Crippen LogP contribution in [0, 0.1) is 0 Å². The summed E-state index contributed by atoms with van der Waals surface area (Å²) >= 11 is 0. The molecule has 0 radical (unpaired) electrons. The van der Waals surface area contributed by atoms with Crippen LogP contribution in [0.4, 0.5) is 0 Å².